The standard InChI is InChI=1S/C16H16BrF3N2O/c1-21-9-13(12-7-11(17)4-5-14(12)21)15(23)22-6-2-3-10(8-22)16(18,19)20/h4-5,7,9-10H,2-3,6,8H2,1H3. The molecule has 0 bridgehead atoms. The highest BCUT2D eigenvalue weighted by atomic mass is 79.9. The minimum absolute atomic E-state index is 0.0916. The van der Waals surface area contributed by atoms with E-state index < -0.39 is 12.1 Å². The molecule has 1 saturated heterocycles. The summed E-state index contributed by atoms with van der Waals surface area (Å²) < 4.78 is 41.5. The Labute approximate surface area is 140 Å². The van der Waals surface area contributed by atoms with Crippen molar-refractivity contribution in [2.45, 2.75) is 19.0 Å². The average molecular weight is 389 g/mol. The van der Waals surface area contributed by atoms with Gasteiger partial charge in [-0.05, 0) is 31.0 Å². The van der Waals surface area contributed by atoms with Gasteiger partial charge in [0.15, 0.2) is 0 Å². The molecule has 2 aromatic rings. The van der Waals surface area contributed by atoms with Crippen molar-refractivity contribution < 1.29 is 18.0 Å². The first kappa shape index (κ1) is 16.4. The Balaban J connectivity index is 1.93. The number of carbonyl (C=O) groups is 1. The number of amides is 1. The first-order valence-corrected chi connectivity index (χ1v) is 8.17. The molecule has 1 atom stereocenters. The number of fused-ring (bicyclic) bond motifs is 1. The maximum absolute atomic E-state index is 12.9. The van der Waals surface area contributed by atoms with Crippen LogP contribution in [0.25, 0.3) is 10.9 Å². The first-order valence-electron chi connectivity index (χ1n) is 7.38. The molecule has 0 saturated carbocycles. The van der Waals surface area contributed by atoms with Crippen LogP contribution in [0.1, 0.15) is 23.2 Å². The SMILES string of the molecule is Cn1cc(C(=O)N2CCCC(C(F)(F)F)C2)c2cc(Br)ccc21. The highest BCUT2D eigenvalue weighted by Crippen LogP contribution is 2.34. The maximum atomic E-state index is 12.9. The maximum Gasteiger partial charge on any atom is 0.393 e. The van der Waals surface area contributed by atoms with Crippen LogP contribution in [0.5, 0.6) is 0 Å². The van der Waals surface area contributed by atoms with E-state index in [1.807, 2.05) is 29.8 Å². The summed E-state index contributed by atoms with van der Waals surface area (Å²) in [6, 6.07) is 5.58. The molecular formula is C16H16BrF3N2O. The van der Waals surface area contributed by atoms with Gasteiger partial charge < -0.3 is 9.47 Å². The van der Waals surface area contributed by atoms with Crippen molar-refractivity contribution in [1.29, 1.82) is 0 Å². The Morgan fingerprint density at radius 1 is 1.35 bits per heavy atom. The summed E-state index contributed by atoms with van der Waals surface area (Å²) in [7, 11) is 1.82. The molecule has 1 amide bonds. The molecule has 1 unspecified atom stereocenters. The number of nitrogens with zero attached hydrogens (tertiary/aromatic N) is 2. The van der Waals surface area contributed by atoms with Gasteiger partial charge in [0.25, 0.3) is 5.91 Å². The molecule has 1 aromatic heterocycles. The minimum atomic E-state index is -4.25. The highest BCUT2D eigenvalue weighted by molar-refractivity contribution is 9.10. The van der Waals surface area contributed by atoms with E-state index in [2.05, 4.69) is 15.9 Å². The van der Waals surface area contributed by atoms with E-state index in [0.717, 1.165) is 15.4 Å². The second-order valence-electron chi connectivity index (χ2n) is 5.95. The van der Waals surface area contributed by atoms with Gasteiger partial charge >= 0.3 is 6.18 Å². The van der Waals surface area contributed by atoms with E-state index in [9.17, 15) is 18.0 Å². The van der Waals surface area contributed by atoms with Crippen LogP contribution < -0.4 is 0 Å². The van der Waals surface area contributed by atoms with Crippen molar-refractivity contribution in [3.05, 3.63) is 34.4 Å². The summed E-state index contributed by atoms with van der Waals surface area (Å²) in [5, 5.41) is 0.751. The fourth-order valence-corrected chi connectivity index (χ4v) is 3.49. The molecule has 0 spiro atoms. The van der Waals surface area contributed by atoms with Crippen molar-refractivity contribution in [3.63, 3.8) is 0 Å². The Kier molecular flexibility index (Phi) is 4.16. The van der Waals surface area contributed by atoms with Crippen molar-refractivity contribution in [3.8, 4) is 0 Å². The summed E-state index contributed by atoms with van der Waals surface area (Å²) in [6.07, 6.45) is -2.09. The van der Waals surface area contributed by atoms with Crippen molar-refractivity contribution in [2.75, 3.05) is 13.1 Å². The van der Waals surface area contributed by atoms with Gasteiger partial charge in [-0.1, -0.05) is 15.9 Å². The molecule has 7 heteroatoms. The number of hydrogen-bond acceptors (Lipinski definition) is 1. The Morgan fingerprint density at radius 3 is 2.78 bits per heavy atom. The third kappa shape index (κ3) is 3.11. The van der Waals surface area contributed by atoms with E-state index in [-0.39, 0.29) is 18.9 Å². The normalized spacial score (nSPS) is 19.3. The van der Waals surface area contributed by atoms with Crippen molar-refractivity contribution in [1.82, 2.24) is 9.47 Å². The van der Waals surface area contributed by atoms with Crippen molar-refractivity contribution >= 4 is 32.7 Å². The average Bonchev–Trinajstić information content (AvgIpc) is 2.82. The van der Waals surface area contributed by atoms with Gasteiger partial charge in [0.1, 0.15) is 0 Å². The van der Waals surface area contributed by atoms with Gasteiger partial charge in [0, 0.05) is 41.7 Å². The lowest BCUT2D eigenvalue weighted by Crippen LogP contribution is -2.44. The van der Waals surface area contributed by atoms with E-state index in [1.54, 1.807) is 6.20 Å². The molecule has 1 fully saturated rings. The zero-order valence-electron chi connectivity index (χ0n) is 12.5. The zero-order valence-corrected chi connectivity index (χ0v) is 14.1. The second kappa shape index (κ2) is 5.85. The number of aromatic nitrogens is 1. The summed E-state index contributed by atoms with van der Waals surface area (Å²) >= 11 is 3.37. The predicted octanol–water partition coefficient (Wildman–Crippen LogP) is 4.36. The van der Waals surface area contributed by atoms with Crippen molar-refractivity contribution in [2.24, 2.45) is 13.0 Å². The van der Waals surface area contributed by atoms with E-state index in [0.29, 0.717) is 18.5 Å². The molecule has 124 valence electrons. The fourth-order valence-electron chi connectivity index (χ4n) is 3.13. The molecular weight excluding hydrogens is 373 g/mol. The Morgan fingerprint density at radius 2 is 2.09 bits per heavy atom. The van der Waals surface area contributed by atoms with Crippen LogP contribution in [-0.4, -0.2) is 34.6 Å². The predicted molar refractivity (Wildman–Crippen MR) is 85.3 cm³/mol. The van der Waals surface area contributed by atoms with E-state index >= 15 is 0 Å². The number of alkyl halides is 3. The second-order valence-corrected chi connectivity index (χ2v) is 6.86. The third-order valence-electron chi connectivity index (χ3n) is 4.35. The van der Waals surface area contributed by atoms with Gasteiger partial charge in [0.2, 0.25) is 0 Å². The Bertz CT molecular complexity index is 754. The van der Waals surface area contributed by atoms with Crippen LogP contribution in [0.15, 0.2) is 28.9 Å². The number of hydrogen-bond donors (Lipinski definition) is 0. The van der Waals surface area contributed by atoms with Crippen LogP contribution in [0.3, 0.4) is 0 Å². The minimum Gasteiger partial charge on any atom is -0.350 e. The largest absolute Gasteiger partial charge is 0.393 e. The molecule has 23 heavy (non-hydrogen) atoms. The lowest BCUT2D eigenvalue weighted by molar-refractivity contribution is -0.184. The molecule has 3 rings (SSSR count). The third-order valence-corrected chi connectivity index (χ3v) is 4.85. The highest BCUT2D eigenvalue weighted by Gasteiger charge is 2.43. The molecule has 1 aromatic carbocycles. The summed E-state index contributed by atoms with van der Waals surface area (Å²) in [5.74, 6) is -1.76. The Hall–Kier alpha value is -1.50. The monoisotopic (exact) mass is 388 g/mol. The van der Waals surface area contributed by atoms with Gasteiger partial charge in [-0.3, -0.25) is 4.79 Å². The van der Waals surface area contributed by atoms with Crippen LogP contribution in [0.4, 0.5) is 13.2 Å². The molecule has 0 radical (unpaired) electrons. The molecule has 0 aliphatic carbocycles. The summed E-state index contributed by atoms with van der Waals surface area (Å²) in [4.78, 5) is 14.1. The number of benzene rings is 1. The molecule has 1 aliphatic heterocycles. The smallest absolute Gasteiger partial charge is 0.350 e. The quantitative estimate of drug-likeness (QED) is 0.712. The number of likely N-dealkylation sites (tertiary alicyclic amines) is 1. The van der Waals surface area contributed by atoms with E-state index in [4.69, 9.17) is 0 Å². The van der Waals surface area contributed by atoms with Gasteiger partial charge in [0.05, 0.1) is 11.5 Å². The number of halogens is 4. The number of piperidine rings is 1. The lowest BCUT2D eigenvalue weighted by Gasteiger charge is -2.33. The van der Waals surface area contributed by atoms with Gasteiger partial charge in [-0.2, -0.15) is 13.2 Å². The molecule has 1 aliphatic rings. The lowest BCUT2D eigenvalue weighted by atomic mass is 9.97. The van der Waals surface area contributed by atoms with E-state index in [1.165, 1.54) is 4.90 Å². The van der Waals surface area contributed by atoms with Crippen LogP contribution >= 0.6 is 15.9 Å². The number of carbonyl (C=O) groups excluding carboxylic acids is 1. The fraction of sp³-hybridized carbons (Fsp3) is 0.438. The number of aryl methyl sites for hydroxylation is 1. The summed E-state index contributed by atoms with van der Waals surface area (Å²) in [6.45, 7) is 0.114. The molecule has 0 N–H and O–H groups in total. The van der Waals surface area contributed by atoms with Crippen LogP contribution in [-0.2, 0) is 7.05 Å². The molecule has 3 nitrogen and oxygen atoms in total. The van der Waals surface area contributed by atoms with Crippen LogP contribution in [0.2, 0.25) is 0 Å². The summed E-state index contributed by atoms with van der Waals surface area (Å²) in [5.41, 5.74) is 1.33. The van der Waals surface area contributed by atoms with Crippen LogP contribution in [0, 0.1) is 5.92 Å². The van der Waals surface area contributed by atoms with Gasteiger partial charge in [-0.25, -0.2) is 0 Å². The molecule has 2 heterocycles. The van der Waals surface area contributed by atoms with Gasteiger partial charge in [-0.15, -0.1) is 0 Å². The first-order chi connectivity index (χ1) is 10.8. The number of rotatable bonds is 1. The zero-order chi connectivity index (χ0) is 16.8. The topological polar surface area (TPSA) is 25.2 Å².